The molecule has 4 N–H and O–H groups in total. The molecule has 0 aromatic heterocycles. The van der Waals surface area contributed by atoms with Gasteiger partial charge in [-0.3, -0.25) is 4.79 Å². The van der Waals surface area contributed by atoms with Crippen LogP contribution in [0.5, 0.6) is 0 Å². The van der Waals surface area contributed by atoms with E-state index >= 15 is 0 Å². The number of methoxy groups -OCH3 is 1. The summed E-state index contributed by atoms with van der Waals surface area (Å²) in [4.78, 5) is 14.6. The van der Waals surface area contributed by atoms with Crippen molar-refractivity contribution < 1.29 is 23.7 Å². The first-order valence-electron chi connectivity index (χ1n) is 10.1. The average Bonchev–Trinajstić information content (AvgIpc) is 2.94. The van der Waals surface area contributed by atoms with Crippen molar-refractivity contribution in [3.8, 4) is 0 Å². The molecule has 0 spiro atoms. The quantitative estimate of drug-likeness (QED) is 0.542. The Bertz CT molecular complexity index is 522. The molecule has 0 aromatic rings. The number of nitrogens with zero attached hydrogens (tertiary/aromatic N) is 1. The summed E-state index contributed by atoms with van der Waals surface area (Å²) < 4.78 is 23.5. The van der Waals surface area contributed by atoms with Gasteiger partial charge in [0.2, 0.25) is 0 Å². The molecule has 0 aromatic carbocycles. The number of ether oxygens (including phenoxy) is 4. The fraction of sp³-hybridized carbons (Fsp3) is 0.950. The maximum absolute atomic E-state index is 12.3. The molecule has 0 bridgehead atoms. The van der Waals surface area contributed by atoms with E-state index in [1.807, 2.05) is 13.8 Å². The lowest BCUT2D eigenvalue weighted by molar-refractivity contribution is -0.237. The Morgan fingerprint density at radius 3 is 2.39 bits per heavy atom. The summed E-state index contributed by atoms with van der Waals surface area (Å²) in [5.74, 6) is -0.923. The Kier molecular flexibility index (Phi) is 7.64. The number of rotatable bonds is 9. The lowest BCUT2D eigenvalue weighted by Gasteiger charge is -2.38. The number of hydrogen-bond acceptors (Lipinski definition) is 8. The second-order valence-corrected chi connectivity index (χ2v) is 9.51. The molecule has 164 valence electrons. The Morgan fingerprint density at radius 1 is 1.25 bits per heavy atom. The molecule has 2 heterocycles. The van der Waals surface area contributed by atoms with E-state index in [1.165, 1.54) is 0 Å². The van der Waals surface area contributed by atoms with Gasteiger partial charge in [-0.1, -0.05) is 0 Å². The van der Waals surface area contributed by atoms with E-state index in [4.69, 9.17) is 30.4 Å². The van der Waals surface area contributed by atoms with Crippen LogP contribution in [0.3, 0.4) is 0 Å². The standard InChI is InChI=1S/C20H39N3O5/c1-18(2,21)16(24)13-27-17-14(11-23-9-7-20(5,22)8-10-23)26-12-15(17)28-19(3,4)25-6/h14-15,17H,7-13,21-22H2,1-6H3/t14-,15+,17+/m1/s1. The number of hydrogen-bond donors (Lipinski definition) is 2. The van der Waals surface area contributed by atoms with Crippen molar-refractivity contribution in [2.75, 3.05) is 40.0 Å². The first-order valence-corrected chi connectivity index (χ1v) is 10.1. The van der Waals surface area contributed by atoms with Crippen LogP contribution >= 0.6 is 0 Å². The molecular formula is C20H39N3O5. The zero-order valence-corrected chi connectivity index (χ0v) is 18.3. The highest BCUT2D eigenvalue weighted by molar-refractivity contribution is 5.88. The number of ketones is 1. The SMILES string of the molecule is COC(C)(C)O[C@H]1CO[C@H](CN2CCC(C)(N)CC2)[C@@H]1OCC(=O)C(C)(C)N. The minimum absolute atomic E-state index is 0.0673. The highest BCUT2D eigenvalue weighted by atomic mass is 16.7. The van der Waals surface area contributed by atoms with Crippen LogP contribution in [-0.2, 0) is 23.7 Å². The third kappa shape index (κ3) is 6.73. The van der Waals surface area contributed by atoms with Gasteiger partial charge in [0, 0.05) is 19.2 Å². The van der Waals surface area contributed by atoms with E-state index in [9.17, 15) is 4.79 Å². The molecule has 0 saturated carbocycles. The van der Waals surface area contributed by atoms with E-state index < -0.39 is 11.3 Å². The van der Waals surface area contributed by atoms with Gasteiger partial charge < -0.3 is 35.3 Å². The van der Waals surface area contributed by atoms with Crippen LogP contribution < -0.4 is 11.5 Å². The maximum Gasteiger partial charge on any atom is 0.177 e. The molecular weight excluding hydrogens is 362 g/mol. The number of piperidine rings is 1. The number of Topliss-reactive ketones (excluding diaryl/α,β-unsaturated/α-hetero) is 1. The van der Waals surface area contributed by atoms with Crippen molar-refractivity contribution >= 4 is 5.78 Å². The highest BCUT2D eigenvalue weighted by Gasteiger charge is 2.43. The van der Waals surface area contributed by atoms with Gasteiger partial charge in [-0.2, -0.15) is 0 Å². The zero-order valence-electron chi connectivity index (χ0n) is 18.3. The second-order valence-electron chi connectivity index (χ2n) is 9.51. The summed E-state index contributed by atoms with van der Waals surface area (Å²) in [6, 6.07) is 0. The van der Waals surface area contributed by atoms with Crippen LogP contribution in [0.15, 0.2) is 0 Å². The van der Waals surface area contributed by atoms with Crippen LogP contribution in [0.1, 0.15) is 47.5 Å². The van der Waals surface area contributed by atoms with Crippen LogP contribution in [0.25, 0.3) is 0 Å². The smallest absolute Gasteiger partial charge is 0.177 e. The fourth-order valence-electron chi connectivity index (χ4n) is 3.39. The first-order chi connectivity index (χ1) is 12.8. The Hall–Kier alpha value is -0.610. The van der Waals surface area contributed by atoms with Crippen LogP contribution in [0, 0.1) is 0 Å². The van der Waals surface area contributed by atoms with Gasteiger partial charge in [0.15, 0.2) is 11.6 Å². The van der Waals surface area contributed by atoms with Crippen molar-refractivity contribution in [2.24, 2.45) is 11.5 Å². The molecule has 2 saturated heterocycles. The maximum atomic E-state index is 12.3. The van der Waals surface area contributed by atoms with Crippen molar-refractivity contribution in [1.82, 2.24) is 4.90 Å². The van der Waals surface area contributed by atoms with E-state index in [1.54, 1.807) is 21.0 Å². The topological polar surface area (TPSA) is 109 Å². The summed E-state index contributed by atoms with van der Waals surface area (Å²) in [5, 5.41) is 0. The van der Waals surface area contributed by atoms with E-state index in [0.717, 1.165) is 25.9 Å². The molecule has 0 radical (unpaired) electrons. The third-order valence-corrected chi connectivity index (χ3v) is 5.70. The molecule has 28 heavy (non-hydrogen) atoms. The van der Waals surface area contributed by atoms with Crippen molar-refractivity contribution in [3.63, 3.8) is 0 Å². The molecule has 2 rings (SSSR count). The number of carbonyl (C=O) groups excluding carboxylic acids is 1. The predicted molar refractivity (Wildman–Crippen MR) is 107 cm³/mol. The summed E-state index contributed by atoms with van der Waals surface area (Å²) in [6.45, 7) is 12.0. The lowest BCUT2D eigenvalue weighted by atomic mass is 9.91. The first kappa shape index (κ1) is 23.7. The number of likely N-dealkylation sites (tertiary alicyclic amines) is 1. The predicted octanol–water partition coefficient (Wildman–Crippen LogP) is 0.658. The Labute approximate surface area is 169 Å². The molecule has 2 fully saturated rings. The summed E-state index contributed by atoms with van der Waals surface area (Å²) in [7, 11) is 1.60. The lowest BCUT2D eigenvalue weighted by Crippen LogP contribution is -2.52. The average molecular weight is 402 g/mol. The highest BCUT2D eigenvalue weighted by Crippen LogP contribution is 2.28. The molecule has 2 aliphatic heterocycles. The van der Waals surface area contributed by atoms with Crippen LogP contribution in [0.4, 0.5) is 0 Å². The van der Waals surface area contributed by atoms with E-state index in [0.29, 0.717) is 13.2 Å². The largest absolute Gasteiger partial charge is 0.371 e. The van der Waals surface area contributed by atoms with E-state index in [2.05, 4.69) is 11.8 Å². The number of carbonyl (C=O) groups is 1. The van der Waals surface area contributed by atoms with Crippen LogP contribution in [-0.4, -0.2) is 85.8 Å². The van der Waals surface area contributed by atoms with Gasteiger partial charge >= 0.3 is 0 Å². The molecule has 3 atom stereocenters. The van der Waals surface area contributed by atoms with Gasteiger partial charge in [-0.15, -0.1) is 0 Å². The van der Waals surface area contributed by atoms with Gasteiger partial charge in [-0.05, 0) is 60.5 Å². The van der Waals surface area contributed by atoms with Crippen molar-refractivity contribution in [2.45, 2.75) is 82.6 Å². The molecule has 8 nitrogen and oxygen atoms in total. The Balaban J connectivity index is 2.02. The monoisotopic (exact) mass is 401 g/mol. The third-order valence-electron chi connectivity index (χ3n) is 5.70. The summed E-state index contributed by atoms with van der Waals surface area (Å²) in [5.41, 5.74) is 11.1. The minimum Gasteiger partial charge on any atom is -0.371 e. The van der Waals surface area contributed by atoms with Gasteiger partial charge in [0.1, 0.15) is 18.8 Å². The zero-order chi connectivity index (χ0) is 21.2. The van der Waals surface area contributed by atoms with Crippen molar-refractivity contribution in [1.29, 1.82) is 0 Å². The van der Waals surface area contributed by atoms with Gasteiger partial charge in [0.25, 0.3) is 0 Å². The van der Waals surface area contributed by atoms with Crippen molar-refractivity contribution in [3.05, 3.63) is 0 Å². The van der Waals surface area contributed by atoms with Crippen LogP contribution in [0.2, 0.25) is 0 Å². The second kappa shape index (κ2) is 9.04. The van der Waals surface area contributed by atoms with Gasteiger partial charge in [-0.25, -0.2) is 0 Å². The Morgan fingerprint density at radius 2 is 1.86 bits per heavy atom. The van der Waals surface area contributed by atoms with E-state index in [-0.39, 0.29) is 36.2 Å². The summed E-state index contributed by atoms with van der Waals surface area (Å²) in [6.07, 6.45) is 1.02. The molecule has 0 unspecified atom stereocenters. The minimum atomic E-state index is -0.935. The van der Waals surface area contributed by atoms with Gasteiger partial charge in [0.05, 0.1) is 18.2 Å². The molecule has 0 amide bonds. The molecule has 0 aliphatic carbocycles. The number of nitrogens with two attached hydrogens (primary N) is 2. The summed E-state index contributed by atoms with van der Waals surface area (Å²) >= 11 is 0. The normalized spacial score (nSPS) is 29.2. The molecule has 2 aliphatic rings. The fourth-order valence-corrected chi connectivity index (χ4v) is 3.39. The molecule has 8 heteroatoms.